The van der Waals surface area contributed by atoms with E-state index in [1.807, 2.05) is 4.90 Å². The van der Waals surface area contributed by atoms with Crippen LogP contribution in [0, 0.1) is 23.2 Å². The van der Waals surface area contributed by atoms with Crippen molar-refractivity contribution in [2.45, 2.75) is 70.3 Å². The summed E-state index contributed by atoms with van der Waals surface area (Å²) in [7, 11) is 3.16. The molecule has 0 aromatic carbocycles. The molecule has 0 aromatic heterocycles. The summed E-state index contributed by atoms with van der Waals surface area (Å²) in [4.78, 5) is 41.6. The Labute approximate surface area is 167 Å². The lowest BCUT2D eigenvalue weighted by Gasteiger charge is -2.56. The van der Waals surface area contributed by atoms with Crippen molar-refractivity contribution in [1.29, 1.82) is 0 Å². The minimum atomic E-state index is -0.316. The lowest BCUT2D eigenvalue weighted by Crippen LogP contribution is -2.57. The molecule has 0 radical (unpaired) electrons. The fourth-order valence-electron chi connectivity index (χ4n) is 6.87. The number of hydrogen-bond donors (Lipinski definition) is 0. The van der Waals surface area contributed by atoms with Crippen LogP contribution in [-0.2, 0) is 19.1 Å². The number of nitrogens with zero attached hydrogens (tertiary/aromatic N) is 2. The Kier molecular flexibility index (Phi) is 5.41. The van der Waals surface area contributed by atoms with Gasteiger partial charge in [0, 0.05) is 26.6 Å². The average Bonchev–Trinajstić information content (AvgIpc) is 3.14. The first-order chi connectivity index (χ1) is 13.4. The maximum atomic E-state index is 13.7. The number of likely N-dealkylation sites (tertiary alicyclic amines) is 1. The fourth-order valence-corrected chi connectivity index (χ4v) is 6.87. The summed E-state index contributed by atoms with van der Waals surface area (Å²) in [6.45, 7) is 1.23. The van der Waals surface area contributed by atoms with Crippen molar-refractivity contribution in [3.63, 3.8) is 0 Å². The summed E-state index contributed by atoms with van der Waals surface area (Å²) < 4.78 is 4.66. The molecule has 2 amide bonds. The Bertz CT molecular complexity index is 611. The molecule has 1 saturated heterocycles. The Hall–Kier alpha value is -1.59. The van der Waals surface area contributed by atoms with Gasteiger partial charge in [0.05, 0.1) is 12.5 Å². The topological polar surface area (TPSA) is 66.9 Å². The van der Waals surface area contributed by atoms with Crippen LogP contribution >= 0.6 is 0 Å². The first-order valence-corrected chi connectivity index (χ1v) is 11.0. The van der Waals surface area contributed by atoms with Gasteiger partial charge in [-0.05, 0) is 75.5 Å². The predicted molar refractivity (Wildman–Crippen MR) is 104 cm³/mol. The molecule has 1 aliphatic heterocycles. The number of likely N-dealkylation sites (N-methyl/N-ethyl adjacent to an activating group) is 1. The van der Waals surface area contributed by atoms with Gasteiger partial charge in [0.15, 0.2) is 0 Å². The zero-order valence-electron chi connectivity index (χ0n) is 17.3. The molecule has 5 fully saturated rings. The number of carbonyl (C=O) groups excluding carboxylic acids is 3. The van der Waals surface area contributed by atoms with Crippen LogP contribution in [0.1, 0.15) is 64.2 Å². The van der Waals surface area contributed by atoms with Crippen molar-refractivity contribution in [1.82, 2.24) is 9.80 Å². The number of carbonyl (C=O) groups is 3. The molecule has 28 heavy (non-hydrogen) atoms. The molecular formula is C22H34N2O4. The van der Waals surface area contributed by atoms with Crippen molar-refractivity contribution in [2.24, 2.45) is 23.2 Å². The van der Waals surface area contributed by atoms with E-state index in [0.717, 1.165) is 49.9 Å². The number of rotatable bonds is 6. The molecule has 1 unspecified atom stereocenters. The van der Waals surface area contributed by atoms with Crippen molar-refractivity contribution in [2.75, 3.05) is 27.2 Å². The van der Waals surface area contributed by atoms with Crippen LogP contribution in [0.5, 0.6) is 0 Å². The second kappa shape index (κ2) is 7.68. The summed E-state index contributed by atoms with van der Waals surface area (Å²) >= 11 is 0. The van der Waals surface area contributed by atoms with Crippen LogP contribution in [0.2, 0.25) is 0 Å². The van der Waals surface area contributed by atoms with Gasteiger partial charge in [0.2, 0.25) is 11.8 Å². The van der Waals surface area contributed by atoms with Gasteiger partial charge in [-0.3, -0.25) is 14.4 Å². The zero-order chi connectivity index (χ0) is 19.9. The Morgan fingerprint density at radius 1 is 1.07 bits per heavy atom. The van der Waals surface area contributed by atoms with E-state index >= 15 is 0 Å². The SMILES string of the molecule is COC(=O)CCCN(C)C(=O)C1CCCN1C(=O)C12CC3CC(CC(C3)C1)C2. The Morgan fingerprint density at radius 3 is 2.25 bits per heavy atom. The van der Waals surface area contributed by atoms with Gasteiger partial charge in [0.25, 0.3) is 0 Å². The predicted octanol–water partition coefficient (Wildman–Crippen LogP) is 2.61. The van der Waals surface area contributed by atoms with Crippen LogP contribution in [0.4, 0.5) is 0 Å². The van der Waals surface area contributed by atoms with Crippen LogP contribution < -0.4 is 0 Å². The highest BCUT2D eigenvalue weighted by Crippen LogP contribution is 2.60. The van der Waals surface area contributed by atoms with Gasteiger partial charge in [-0.15, -0.1) is 0 Å². The molecule has 156 valence electrons. The summed E-state index contributed by atoms with van der Waals surface area (Å²) in [6, 6.07) is -0.316. The van der Waals surface area contributed by atoms with Crippen molar-refractivity contribution < 1.29 is 19.1 Å². The molecule has 6 heteroatoms. The average molecular weight is 391 g/mol. The maximum absolute atomic E-state index is 13.7. The molecule has 4 saturated carbocycles. The van der Waals surface area contributed by atoms with E-state index in [0.29, 0.717) is 25.9 Å². The molecular weight excluding hydrogens is 356 g/mol. The molecule has 6 nitrogen and oxygen atoms in total. The summed E-state index contributed by atoms with van der Waals surface area (Å²) in [5.74, 6) is 2.24. The standard InChI is InChI=1S/C22H34N2O4/c1-23(7-4-6-19(25)28-2)20(26)18-5-3-8-24(18)21(27)22-12-15-9-16(13-22)11-17(10-15)14-22/h15-18H,3-14H2,1-2H3. The Balaban J connectivity index is 1.40. The third-order valence-electron chi connectivity index (χ3n) is 7.77. The maximum Gasteiger partial charge on any atom is 0.305 e. The van der Waals surface area contributed by atoms with E-state index < -0.39 is 0 Å². The second-order valence-corrected chi connectivity index (χ2v) is 9.79. The molecule has 0 spiro atoms. The summed E-state index contributed by atoms with van der Waals surface area (Å²) in [6.07, 6.45) is 9.66. The molecule has 1 heterocycles. The number of hydrogen-bond acceptors (Lipinski definition) is 4. The summed E-state index contributed by atoms with van der Waals surface area (Å²) in [5, 5.41) is 0. The normalized spacial score (nSPS) is 35.9. The van der Waals surface area contributed by atoms with Crippen LogP contribution in [-0.4, -0.2) is 60.9 Å². The van der Waals surface area contributed by atoms with Gasteiger partial charge in [-0.25, -0.2) is 0 Å². The summed E-state index contributed by atoms with van der Waals surface area (Å²) in [5.41, 5.74) is -0.179. The highest BCUT2D eigenvalue weighted by atomic mass is 16.5. The smallest absolute Gasteiger partial charge is 0.305 e. The molecule has 5 aliphatic rings. The highest BCUT2D eigenvalue weighted by molar-refractivity contribution is 5.91. The quantitative estimate of drug-likeness (QED) is 0.654. The monoisotopic (exact) mass is 390 g/mol. The van der Waals surface area contributed by atoms with Crippen molar-refractivity contribution in [3.05, 3.63) is 0 Å². The largest absolute Gasteiger partial charge is 0.469 e. The van der Waals surface area contributed by atoms with Gasteiger partial charge >= 0.3 is 5.97 Å². The third-order valence-corrected chi connectivity index (χ3v) is 7.77. The molecule has 0 aromatic rings. The first-order valence-electron chi connectivity index (χ1n) is 11.0. The number of amides is 2. The molecule has 4 bridgehead atoms. The van der Waals surface area contributed by atoms with E-state index in [-0.39, 0.29) is 29.2 Å². The van der Waals surface area contributed by atoms with Crippen LogP contribution in [0.25, 0.3) is 0 Å². The van der Waals surface area contributed by atoms with Crippen molar-refractivity contribution in [3.8, 4) is 0 Å². The lowest BCUT2D eigenvalue weighted by atomic mass is 9.49. The molecule has 0 N–H and O–H groups in total. The van der Waals surface area contributed by atoms with Gasteiger partial charge in [0.1, 0.15) is 6.04 Å². The van der Waals surface area contributed by atoms with E-state index in [1.54, 1.807) is 11.9 Å². The molecule has 5 rings (SSSR count). The van der Waals surface area contributed by atoms with Gasteiger partial charge < -0.3 is 14.5 Å². The van der Waals surface area contributed by atoms with E-state index in [1.165, 1.54) is 26.4 Å². The van der Waals surface area contributed by atoms with Crippen LogP contribution in [0.3, 0.4) is 0 Å². The van der Waals surface area contributed by atoms with Gasteiger partial charge in [-0.1, -0.05) is 0 Å². The third kappa shape index (κ3) is 3.55. The second-order valence-electron chi connectivity index (χ2n) is 9.79. The number of ether oxygens (including phenoxy) is 1. The van der Waals surface area contributed by atoms with E-state index in [2.05, 4.69) is 4.74 Å². The van der Waals surface area contributed by atoms with Gasteiger partial charge in [-0.2, -0.15) is 0 Å². The molecule has 4 aliphatic carbocycles. The lowest BCUT2D eigenvalue weighted by molar-refractivity contribution is -0.161. The van der Waals surface area contributed by atoms with E-state index in [9.17, 15) is 14.4 Å². The highest BCUT2D eigenvalue weighted by Gasteiger charge is 2.56. The zero-order valence-corrected chi connectivity index (χ0v) is 17.3. The Morgan fingerprint density at radius 2 is 1.68 bits per heavy atom. The van der Waals surface area contributed by atoms with E-state index in [4.69, 9.17) is 0 Å². The van der Waals surface area contributed by atoms with Crippen LogP contribution in [0.15, 0.2) is 0 Å². The number of methoxy groups -OCH3 is 1. The van der Waals surface area contributed by atoms with Crippen molar-refractivity contribution >= 4 is 17.8 Å². The fraction of sp³-hybridized carbons (Fsp3) is 0.864. The first kappa shape index (κ1) is 19.7. The number of esters is 1. The molecule has 1 atom stereocenters. The minimum Gasteiger partial charge on any atom is -0.469 e. The minimum absolute atomic E-state index is 0.0282.